The number of nitrogens with zero attached hydrogens (tertiary/aromatic N) is 2. The smallest absolute Gasteiger partial charge is 0.263 e. The van der Waals surface area contributed by atoms with Gasteiger partial charge in [-0.2, -0.15) is 10.5 Å². The van der Waals surface area contributed by atoms with Gasteiger partial charge in [0.1, 0.15) is 11.6 Å². The van der Waals surface area contributed by atoms with Crippen LogP contribution in [0.5, 0.6) is 0 Å². The number of carbonyl (C=O) groups excluding carboxylic acids is 1. The molecule has 1 aliphatic carbocycles. The van der Waals surface area contributed by atoms with Crippen LogP contribution in [0.1, 0.15) is 77.0 Å². The maximum absolute atomic E-state index is 12.3. The second-order valence-corrected chi connectivity index (χ2v) is 6.46. The van der Waals surface area contributed by atoms with Crippen LogP contribution in [-0.4, -0.2) is 18.5 Å². The molecule has 132 valence electrons. The topological polar surface area (TPSA) is 88.7 Å². The second kappa shape index (κ2) is 13.4. The third kappa shape index (κ3) is 9.20. The summed E-state index contributed by atoms with van der Waals surface area (Å²) in [6.45, 7) is 0.443. The Morgan fingerprint density at radius 2 is 1.50 bits per heavy atom. The van der Waals surface area contributed by atoms with Gasteiger partial charge in [0.15, 0.2) is 0 Å². The molecule has 1 amide bonds. The van der Waals surface area contributed by atoms with Crippen molar-refractivity contribution < 1.29 is 4.79 Å². The molecular weight excluding hydrogens is 300 g/mol. The zero-order valence-electron chi connectivity index (χ0n) is 14.6. The fourth-order valence-electron chi connectivity index (χ4n) is 3.02. The SMILES string of the molecule is N#CCCN/C=C(/C#N)C(=O)NC1CCCCCCCCCCC1. The van der Waals surface area contributed by atoms with Crippen LogP contribution in [0.3, 0.4) is 0 Å². The van der Waals surface area contributed by atoms with Crippen molar-refractivity contribution in [1.82, 2.24) is 10.6 Å². The highest BCUT2D eigenvalue weighted by atomic mass is 16.1. The van der Waals surface area contributed by atoms with Crippen molar-refractivity contribution in [3.8, 4) is 12.1 Å². The van der Waals surface area contributed by atoms with E-state index in [4.69, 9.17) is 10.5 Å². The maximum atomic E-state index is 12.3. The molecule has 0 aromatic heterocycles. The molecule has 0 atom stereocenters. The minimum Gasteiger partial charge on any atom is -0.389 e. The van der Waals surface area contributed by atoms with Crippen molar-refractivity contribution in [1.29, 1.82) is 10.5 Å². The summed E-state index contributed by atoms with van der Waals surface area (Å²) in [6, 6.07) is 4.11. The predicted octanol–water partition coefficient (Wildman–Crippen LogP) is 3.69. The van der Waals surface area contributed by atoms with Gasteiger partial charge in [-0.05, 0) is 12.8 Å². The van der Waals surface area contributed by atoms with Crippen LogP contribution in [0.4, 0.5) is 0 Å². The zero-order valence-corrected chi connectivity index (χ0v) is 14.6. The van der Waals surface area contributed by atoms with Gasteiger partial charge < -0.3 is 10.6 Å². The lowest BCUT2D eigenvalue weighted by molar-refractivity contribution is -0.117. The highest BCUT2D eigenvalue weighted by Gasteiger charge is 2.15. The molecule has 0 aromatic carbocycles. The van der Waals surface area contributed by atoms with Gasteiger partial charge in [-0.1, -0.05) is 57.8 Å². The quantitative estimate of drug-likeness (QED) is 0.457. The first-order valence-electron chi connectivity index (χ1n) is 9.29. The summed E-state index contributed by atoms with van der Waals surface area (Å²) in [5.41, 5.74) is 0.0825. The molecule has 5 nitrogen and oxygen atoms in total. The number of hydrogen-bond acceptors (Lipinski definition) is 4. The molecule has 0 radical (unpaired) electrons. The number of nitrogens with one attached hydrogen (secondary N) is 2. The molecule has 1 fully saturated rings. The van der Waals surface area contributed by atoms with Crippen LogP contribution in [0, 0.1) is 22.7 Å². The van der Waals surface area contributed by atoms with Gasteiger partial charge in [0.05, 0.1) is 12.5 Å². The first kappa shape index (κ1) is 20.0. The van der Waals surface area contributed by atoms with E-state index in [1.807, 2.05) is 12.1 Å². The molecule has 0 unspecified atom stereocenters. The molecule has 1 aliphatic rings. The lowest BCUT2D eigenvalue weighted by Crippen LogP contribution is -2.36. The molecule has 24 heavy (non-hydrogen) atoms. The Kier molecular flexibility index (Phi) is 11.2. The van der Waals surface area contributed by atoms with E-state index in [-0.39, 0.29) is 17.5 Å². The largest absolute Gasteiger partial charge is 0.389 e. The highest BCUT2D eigenvalue weighted by molar-refractivity contribution is 5.97. The highest BCUT2D eigenvalue weighted by Crippen LogP contribution is 2.17. The minimum absolute atomic E-state index is 0.0825. The van der Waals surface area contributed by atoms with Crippen molar-refractivity contribution in [3.05, 3.63) is 11.8 Å². The Hall–Kier alpha value is -2.01. The van der Waals surface area contributed by atoms with Gasteiger partial charge in [-0.15, -0.1) is 0 Å². The number of hydrogen-bond donors (Lipinski definition) is 2. The molecule has 0 heterocycles. The van der Waals surface area contributed by atoms with Crippen LogP contribution < -0.4 is 10.6 Å². The van der Waals surface area contributed by atoms with E-state index >= 15 is 0 Å². The van der Waals surface area contributed by atoms with E-state index in [0.717, 1.165) is 25.7 Å². The molecule has 5 heteroatoms. The Bertz CT molecular complexity index is 461. The van der Waals surface area contributed by atoms with E-state index in [1.165, 1.54) is 51.1 Å². The monoisotopic (exact) mass is 330 g/mol. The van der Waals surface area contributed by atoms with E-state index in [2.05, 4.69) is 10.6 Å². The first-order valence-corrected chi connectivity index (χ1v) is 9.29. The average molecular weight is 330 g/mol. The third-order valence-electron chi connectivity index (χ3n) is 4.43. The number of nitriles is 2. The summed E-state index contributed by atoms with van der Waals surface area (Å²) in [6.07, 6.45) is 15.1. The van der Waals surface area contributed by atoms with Gasteiger partial charge in [0, 0.05) is 18.8 Å². The summed E-state index contributed by atoms with van der Waals surface area (Å²) in [4.78, 5) is 12.3. The zero-order chi connectivity index (χ0) is 17.5. The van der Waals surface area contributed by atoms with Crippen LogP contribution in [-0.2, 0) is 4.79 Å². The van der Waals surface area contributed by atoms with Crippen molar-refractivity contribution in [2.45, 2.75) is 83.1 Å². The van der Waals surface area contributed by atoms with Crippen LogP contribution >= 0.6 is 0 Å². The predicted molar refractivity (Wildman–Crippen MR) is 94.6 cm³/mol. The molecular formula is C19H30N4O. The third-order valence-corrected chi connectivity index (χ3v) is 4.43. The Morgan fingerprint density at radius 3 is 2.00 bits per heavy atom. The number of rotatable bonds is 5. The van der Waals surface area contributed by atoms with E-state index in [0.29, 0.717) is 13.0 Å². The summed E-state index contributed by atoms with van der Waals surface area (Å²) in [7, 11) is 0. The molecule has 0 aromatic rings. The summed E-state index contributed by atoms with van der Waals surface area (Å²) in [5.74, 6) is -0.306. The van der Waals surface area contributed by atoms with Crippen molar-refractivity contribution in [2.75, 3.05) is 6.54 Å². The van der Waals surface area contributed by atoms with Crippen molar-refractivity contribution in [2.24, 2.45) is 0 Å². The van der Waals surface area contributed by atoms with E-state index in [1.54, 1.807) is 0 Å². The summed E-state index contributed by atoms with van der Waals surface area (Å²) >= 11 is 0. The van der Waals surface area contributed by atoms with Gasteiger partial charge in [-0.3, -0.25) is 4.79 Å². The van der Waals surface area contributed by atoms with Gasteiger partial charge in [0.2, 0.25) is 0 Å². The maximum Gasteiger partial charge on any atom is 0.263 e. The van der Waals surface area contributed by atoms with Gasteiger partial charge in [0.25, 0.3) is 5.91 Å². The van der Waals surface area contributed by atoms with Gasteiger partial charge in [-0.25, -0.2) is 0 Å². The van der Waals surface area contributed by atoms with Gasteiger partial charge >= 0.3 is 0 Å². The van der Waals surface area contributed by atoms with Crippen LogP contribution in [0.25, 0.3) is 0 Å². The molecule has 0 saturated heterocycles. The van der Waals surface area contributed by atoms with Crippen molar-refractivity contribution >= 4 is 5.91 Å². The normalized spacial score (nSPS) is 18.3. The standard InChI is InChI=1S/C19H30N4O/c20-13-10-14-22-16-17(15-21)19(24)23-18-11-8-6-4-2-1-3-5-7-9-12-18/h16,18,22H,1-12,14H2,(H,23,24)/b17-16-. The summed E-state index contributed by atoms with van der Waals surface area (Å²) in [5, 5.41) is 23.5. The Balaban J connectivity index is 2.49. The summed E-state index contributed by atoms with van der Waals surface area (Å²) < 4.78 is 0. The molecule has 1 rings (SSSR count). The van der Waals surface area contributed by atoms with Crippen molar-refractivity contribution in [3.63, 3.8) is 0 Å². The van der Waals surface area contributed by atoms with E-state index < -0.39 is 0 Å². The number of carbonyl (C=O) groups is 1. The second-order valence-electron chi connectivity index (χ2n) is 6.46. The molecule has 0 bridgehead atoms. The Labute approximate surface area is 146 Å². The minimum atomic E-state index is -0.306. The van der Waals surface area contributed by atoms with E-state index in [9.17, 15) is 4.79 Å². The number of amides is 1. The lowest BCUT2D eigenvalue weighted by Gasteiger charge is -2.19. The average Bonchev–Trinajstić information content (AvgIpc) is 2.57. The Morgan fingerprint density at radius 1 is 0.958 bits per heavy atom. The first-order chi connectivity index (χ1) is 11.8. The molecule has 0 spiro atoms. The fourth-order valence-corrected chi connectivity index (χ4v) is 3.02. The molecule has 0 aliphatic heterocycles. The van der Waals surface area contributed by atoms with Crippen LogP contribution in [0.2, 0.25) is 0 Å². The fraction of sp³-hybridized carbons (Fsp3) is 0.737. The molecule has 1 saturated carbocycles. The van der Waals surface area contributed by atoms with Crippen LogP contribution in [0.15, 0.2) is 11.8 Å². The molecule has 2 N–H and O–H groups in total. The lowest BCUT2D eigenvalue weighted by atomic mass is 9.98.